The van der Waals surface area contributed by atoms with Crippen molar-refractivity contribution in [3.8, 4) is 0 Å². The summed E-state index contributed by atoms with van der Waals surface area (Å²) in [5.74, 6) is 0.329. The molecule has 0 unspecified atom stereocenters. The Hall–Kier alpha value is -0.530. The molecule has 0 N–H and O–H groups in total. The van der Waals surface area contributed by atoms with Gasteiger partial charge in [-0.3, -0.25) is 4.79 Å². The van der Waals surface area contributed by atoms with Gasteiger partial charge in [0, 0.05) is 19.5 Å². The largest absolute Gasteiger partial charge is 0.343 e. The molecule has 2 nitrogen and oxygen atoms in total. The molecule has 0 aliphatic heterocycles. The molecule has 0 heterocycles. The van der Waals surface area contributed by atoms with Crippen molar-refractivity contribution in [1.82, 2.24) is 4.90 Å². The first-order valence-electron chi connectivity index (χ1n) is 7.83. The molecule has 0 saturated heterocycles. The summed E-state index contributed by atoms with van der Waals surface area (Å²) in [4.78, 5) is 13.7. The van der Waals surface area contributed by atoms with E-state index < -0.39 is 0 Å². The van der Waals surface area contributed by atoms with Gasteiger partial charge in [-0.15, -0.1) is 0 Å². The summed E-state index contributed by atoms with van der Waals surface area (Å²) < 4.78 is 0. The summed E-state index contributed by atoms with van der Waals surface area (Å²) in [6.07, 6.45) is 12.0. The Balaban J connectivity index is 3.27. The SMILES string of the molecule is [CH2]CCCCCCCCCCC(=O)N(CC)CC. The molecule has 0 aromatic carbocycles. The van der Waals surface area contributed by atoms with Crippen LogP contribution in [0.4, 0.5) is 0 Å². The van der Waals surface area contributed by atoms with Gasteiger partial charge in [-0.25, -0.2) is 0 Å². The third-order valence-corrected chi connectivity index (χ3v) is 3.51. The summed E-state index contributed by atoms with van der Waals surface area (Å²) in [6.45, 7) is 9.65. The van der Waals surface area contributed by atoms with E-state index in [-0.39, 0.29) is 0 Å². The van der Waals surface area contributed by atoms with Gasteiger partial charge in [0.05, 0.1) is 0 Å². The zero-order valence-electron chi connectivity index (χ0n) is 12.5. The van der Waals surface area contributed by atoms with E-state index in [1.54, 1.807) is 0 Å². The second kappa shape index (κ2) is 12.9. The van der Waals surface area contributed by atoms with E-state index in [4.69, 9.17) is 0 Å². The number of rotatable bonds is 12. The average molecular weight is 254 g/mol. The molecule has 0 aliphatic carbocycles. The molecular formula is C16H32NO. The molecule has 0 aromatic heterocycles. The summed E-state index contributed by atoms with van der Waals surface area (Å²) in [5, 5.41) is 0. The summed E-state index contributed by atoms with van der Waals surface area (Å²) in [5.41, 5.74) is 0. The van der Waals surface area contributed by atoms with Crippen molar-refractivity contribution in [2.24, 2.45) is 0 Å². The van der Waals surface area contributed by atoms with Crippen LogP contribution in [0.25, 0.3) is 0 Å². The third kappa shape index (κ3) is 9.49. The Morgan fingerprint density at radius 3 is 1.72 bits per heavy atom. The molecule has 0 fully saturated rings. The summed E-state index contributed by atoms with van der Waals surface area (Å²) in [6, 6.07) is 0. The van der Waals surface area contributed by atoms with Crippen LogP contribution in [-0.2, 0) is 4.79 Å². The normalized spacial score (nSPS) is 10.6. The molecule has 0 bridgehead atoms. The zero-order valence-corrected chi connectivity index (χ0v) is 12.5. The third-order valence-electron chi connectivity index (χ3n) is 3.51. The fourth-order valence-electron chi connectivity index (χ4n) is 2.25. The molecule has 1 amide bonds. The maximum atomic E-state index is 11.7. The topological polar surface area (TPSA) is 20.3 Å². The van der Waals surface area contributed by atoms with Crippen LogP contribution in [0, 0.1) is 6.92 Å². The van der Waals surface area contributed by atoms with Crippen molar-refractivity contribution in [3.05, 3.63) is 6.92 Å². The first kappa shape index (κ1) is 17.5. The highest BCUT2D eigenvalue weighted by atomic mass is 16.2. The van der Waals surface area contributed by atoms with E-state index in [0.717, 1.165) is 32.4 Å². The minimum atomic E-state index is 0.329. The Morgan fingerprint density at radius 2 is 1.28 bits per heavy atom. The first-order chi connectivity index (χ1) is 8.76. The molecule has 0 spiro atoms. The van der Waals surface area contributed by atoms with Crippen LogP contribution in [0.5, 0.6) is 0 Å². The molecule has 0 rings (SSSR count). The highest BCUT2D eigenvalue weighted by molar-refractivity contribution is 5.75. The molecule has 1 radical (unpaired) electrons. The molecule has 0 saturated carbocycles. The smallest absolute Gasteiger partial charge is 0.222 e. The number of hydrogen-bond donors (Lipinski definition) is 0. The predicted molar refractivity (Wildman–Crippen MR) is 79.5 cm³/mol. The van der Waals surface area contributed by atoms with Crippen LogP contribution in [0.3, 0.4) is 0 Å². The lowest BCUT2D eigenvalue weighted by molar-refractivity contribution is -0.130. The minimum Gasteiger partial charge on any atom is -0.343 e. The van der Waals surface area contributed by atoms with E-state index in [0.29, 0.717) is 5.91 Å². The predicted octanol–water partition coefficient (Wildman–Crippen LogP) is 4.59. The quantitative estimate of drug-likeness (QED) is 0.466. The highest BCUT2D eigenvalue weighted by Crippen LogP contribution is 2.11. The Bertz CT molecular complexity index is 188. The van der Waals surface area contributed by atoms with Crippen molar-refractivity contribution in [2.45, 2.75) is 78.1 Å². The average Bonchev–Trinajstić information content (AvgIpc) is 2.38. The van der Waals surface area contributed by atoms with Crippen molar-refractivity contribution < 1.29 is 4.79 Å². The first-order valence-corrected chi connectivity index (χ1v) is 7.83. The van der Waals surface area contributed by atoms with Crippen molar-refractivity contribution >= 4 is 5.91 Å². The summed E-state index contributed by atoms with van der Waals surface area (Å²) >= 11 is 0. The minimum absolute atomic E-state index is 0.329. The van der Waals surface area contributed by atoms with Gasteiger partial charge in [0.2, 0.25) is 5.91 Å². The molecule has 0 atom stereocenters. The van der Waals surface area contributed by atoms with E-state index in [1.165, 1.54) is 44.9 Å². The van der Waals surface area contributed by atoms with Gasteiger partial charge in [0.25, 0.3) is 0 Å². The van der Waals surface area contributed by atoms with E-state index in [2.05, 4.69) is 6.92 Å². The molecular weight excluding hydrogens is 222 g/mol. The fraction of sp³-hybridized carbons (Fsp3) is 0.875. The second-order valence-electron chi connectivity index (χ2n) is 5.00. The fourth-order valence-corrected chi connectivity index (χ4v) is 2.25. The lowest BCUT2D eigenvalue weighted by Crippen LogP contribution is -2.30. The number of carbonyl (C=O) groups is 1. The number of unbranched alkanes of at least 4 members (excludes halogenated alkanes) is 8. The van der Waals surface area contributed by atoms with Crippen LogP contribution >= 0.6 is 0 Å². The lowest BCUT2D eigenvalue weighted by Gasteiger charge is -2.18. The van der Waals surface area contributed by atoms with Gasteiger partial charge in [0.15, 0.2) is 0 Å². The van der Waals surface area contributed by atoms with Crippen molar-refractivity contribution in [1.29, 1.82) is 0 Å². The number of nitrogens with zero attached hydrogens (tertiary/aromatic N) is 1. The standard InChI is InChI=1S/C16H32NO/c1-4-7-8-9-10-11-12-13-14-15-16(18)17(5-2)6-3/h1,4-15H2,2-3H3. The lowest BCUT2D eigenvalue weighted by atomic mass is 10.1. The number of amides is 1. The molecule has 0 aromatic rings. The van der Waals surface area contributed by atoms with Crippen molar-refractivity contribution in [2.75, 3.05) is 13.1 Å². The Morgan fingerprint density at radius 1 is 0.833 bits per heavy atom. The molecule has 107 valence electrons. The van der Waals surface area contributed by atoms with Gasteiger partial charge in [0.1, 0.15) is 0 Å². The maximum Gasteiger partial charge on any atom is 0.222 e. The Labute approximate surface area is 114 Å². The molecule has 18 heavy (non-hydrogen) atoms. The van der Waals surface area contributed by atoms with Gasteiger partial charge < -0.3 is 4.90 Å². The van der Waals surface area contributed by atoms with E-state index in [1.807, 2.05) is 18.7 Å². The van der Waals surface area contributed by atoms with Crippen molar-refractivity contribution in [3.63, 3.8) is 0 Å². The Kier molecular flexibility index (Phi) is 12.5. The van der Waals surface area contributed by atoms with Crippen LogP contribution in [-0.4, -0.2) is 23.9 Å². The van der Waals surface area contributed by atoms with Crippen LogP contribution < -0.4 is 0 Å². The highest BCUT2D eigenvalue weighted by Gasteiger charge is 2.07. The van der Waals surface area contributed by atoms with Gasteiger partial charge in [-0.05, 0) is 20.3 Å². The van der Waals surface area contributed by atoms with Crippen LogP contribution in [0.15, 0.2) is 0 Å². The van der Waals surface area contributed by atoms with Gasteiger partial charge in [-0.1, -0.05) is 58.3 Å². The number of carbonyl (C=O) groups excluding carboxylic acids is 1. The number of hydrogen-bond acceptors (Lipinski definition) is 1. The summed E-state index contributed by atoms with van der Waals surface area (Å²) in [7, 11) is 0. The second-order valence-corrected chi connectivity index (χ2v) is 5.00. The zero-order chi connectivity index (χ0) is 13.6. The van der Waals surface area contributed by atoms with E-state index >= 15 is 0 Å². The van der Waals surface area contributed by atoms with E-state index in [9.17, 15) is 4.79 Å². The maximum absolute atomic E-state index is 11.7. The molecule has 0 aliphatic rings. The molecule has 2 heteroatoms. The van der Waals surface area contributed by atoms with Crippen LogP contribution in [0.2, 0.25) is 0 Å². The van der Waals surface area contributed by atoms with Gasteiger partial charge in [-0.2, -0.15) is 0 Å². The van der Waals surface area contributed by atoms with Crippen LogP contribution in [0.1, 0.15) is 78.1 Å². The monoisotopic (exact) mass is 254 g/mol. The van der Waals surface area contributed by atoms with Gasteiger partial charge >= 0.3 is 0 Å².